The van der Waals surface area contributed by atoms with E-state index in [9.17, 15) is 14.4 Å². The van der Waals surface area contributed by atoms with Crippen LogP contribution >= 0.6 is 0 Å². The number of rotatable bonds is 10. The number of likely N-dealkylation sites (N-methyl/N-ethyl adjacent to an activating group) is 1. The quantitative estimate of drug-likeness (QED) is 0.552. The molecule has 138 valence electrons. The summed E-state index contributed by atoms with van der Waals surface area (Å²) in [5, 5.41) is 5.23. The molecular weight excluding hydrogens is 324 g/mol. The number of unbranched alkanes of at least 4 members (excludes halogenated alkanes) is 2. The maximum atomic E-state index is 12.0. The van der Waals surface area contributed by atoms with Gasteiger partial charge in [-0.15, -0.1) is 0 Å². The van der Waals surface area contributed by atoms with Crippen LogP contribution in [0, 0.1) is 0 Å². The van der Waals surface area contributed by atoms with Gasteiger partial charge in [-0.25, -0.2) is 4.79 Å². The summed E-state index contributed by atoms with van der Waals surface area (Å²) in [5.41, 5.74) is 5.60. The average Bonchev–Trinajstić information content (AvgIpc) is 2.58. The van der Waals surface area contributed by atoms with Crippen molar-refractivity contribution in [1.29, 1.82) is 0 Å². The molecule has 0 aliphatic rings. The molecule has 0 bridgehead atoms. The maximum absolute atomic E-state index is 12.0. The molecular formula is C17H26N4O4. The molecule has 0 aliphatic heterocycles. The Morgan fingerprint density at radius 2 is 1.80 bits per heavy atom. The Balaban J connectivity index is 2.24. The van der Waals surface area contributed by atoms with E-state index in [-0.39, 0.29) is 18.4 Å². The smallest absolute Gasteiger partial charge is 0.312 e. The number of hydrogen-bond donors (Lipinski definition) is 3. The second-order valence-electron chi connectivity index (χ2n) is 5.63. The fourth-order valence-corrected chi connectivity index (χ4v) is 2.16. The van der Waals surface area contributed by atoms with Crippen LogP contribution in [-0.4, -0.2) is 50.0 Å². The molecule has 0 aromatic heterocycles. The molecule has 0 spiro atoms. The van der Waals surface area contributed by atoms with Crippen LogP contribution in [0.1, 0.15) is 25.7 Å². The largest absolute Gasteiger partial charge is 0.497 e. The Morgan fingerprint density at radius 1 is 1.12 bits per heavy atom. The van der Waals surface area contributed by atoms with Crippen molar-refractivity contribution >= 4 is 23.5 Å². The maximum Gasteiger partial charge on any atom is 0.312 e. The van der Waals surface area contributed by atoms with Crippen LogP contribution in [0.5, 0.6) is 5.75 Å². The van der Waals surface area contributed by atoms with Crippen molar-refractivity contribution in [3.63, 3.8) is 0 Å². The first kappa shape index (κ1) is 20.3. The van der Waals surface area contributed by atoms with Crippen molar-refractivity contribution in [3.05, 3.63) is 24.3 Å². The zero-order valence-corrected chi connectivity index (χ0v) is 14.7. The van der Waals surface area contributed by atoms with Crippen LogP contribution < -0.4 is 21.1 Å². The molecule has 0 saturated carbocycles. The van der Waals surface area contributed by atoms with E-state index in [0.717, 1.165) is 12.8 Å². The second-order valence-corrected chi connectivity index (χ2v) is 5.63. The average molecular weight is 350 g/mol. The third-order valence-electron chi connectivity index (χ3n) is 3.55. The summed E-state index contributed by atoms with van der Waals surface area (Å²) in [5.74, 6) is 0.357. The van der Waals surface area contributed by atoms with E-state index in [1.54, 1.807) is 38.4 Å². The monoisotopic (exact) mass is 350 g/mol. The molecule has 0 fully saturated rings. The van der Waals surface area contributed by atoms with E-state index >= 15 is 0 Å². The minimum Gasteiger partial charge on any atom is -0.497 e. The molecule has 1 aromatic rings. The number of urea groups is 1. The van der Waals surface area contributed by atoms with E-state index in [4.69, 9.17) is 10.5 Å². The number of nitrogens with zero attached hydrogens (tertiary/aromatic N) is 1. The minimum absolute atomic E-state index is 0.00586. The lowest BCUT2D eigenvalue weighted by molar-refractivity contribution is -0.133. The molecule has 0 radical (unpaired) electrons. The number of nitrogens with one attached hydrogen (secondary N) is 2. The molecule has 1 aromatic carbocycles. The SMILES string of the molecule is COc1ccc(NC(=O)CN(C)C(=O)CCCCCNC(N)=O)cc1. The van der Waals surface area contributed by atoms with E-state index in [1.807, 2.05) is 0 Å². The number of ether oxygens (including phenoxy) is 1. The number of carbonyl (C=O) groups excluding carboxylic acids is 3. The van der Waals surface area contributed by atoms with Gasteiger partial charge in [0.15, 0.2) is 0 Å². The van der Waals surface area contributed by atoms with E-state index in [0.29, 0.717) is 30.8 Å². The van der Waals surface area contributed by atoms with E-state index in [1.165, 1.54) is 4.90 Å². The Bertz CT molecular complexity index is 575. The summed E-state index contributed by atoms with van der Waals surface area (Å²) in [7, 11) is 3.17. The van der Waals surface area contributed by atoms with Gasteiger partial charge < -0.3 is 26.0 Å². The highest BCUT2D eigenvalue weighted by Crippen LogP contribution is 2.14. The lowest BCUT2D eigenvalue weighted by Crippen LogP contribution is -2.34. The topological polar surface area (TPSA) is 114 Å². The highest BCUT2D eigenvalue weighted by molar-refractivity contribution is 5.94. The normalized spacial score (nSPS) is 10.0. The summed E-state index contributed by atoms with van der Waals surface area (Å²) in [4.78, 5) is 35.9. The lowest BCUT2D eigenvalue weighted by Gasteiger charge is -2.17. The van der Waals surface area contributed by atoms with Gasteiger partial charge in [0.25, 0.3) is 0 Å². The van der Waals surface area contributed by atoms with Gasteiger partial charge in [-0.3, -0.25) is 9.59 Å². The molecule has 8 nitrogen and oxygen atoms in total. The van der Waals surface area contributed by atoms with Crippen molar-refractivity contribution < 1.29 is 19.1 Å². The molecule has 0 saturated heterocycles. The summed E-state index contributed by atoms with van der Waals surface area (Å²) < 4.78 is 5.05. The van der Waals surface area contributed by atoms with Gasteiger partial charge in [0.1, 0.15) is 5.75 Å². The molecule has 0 atom stereocenters. The number of anilines is 1. The lowest BCUT2D eigenvalue weighted by atomic mass is 10.2. The summed E-state index contributed by atoms with van der Waals surface area (Å²) in [6.45, 7) is 0.498. The van der Waals surface area contributed by atoms with Crippen LogP contribution in [-0.2, 0) is 9.59 Å². The van der Waals surface area contributed by atoms with Crippen LogP contribution in [0.2, 0.25) is 0 Å². The third-order valence-corrected chi connectivity index (χ3v) is 3.55. The Morgan fingerprint density at radius 3 is 2.40 bits per heavy atom. The zero-order valence-electron chi connectivity index (χ0n) is 14.7. The third kappa shape index (κ3) is 8.59. The standard InChI is InChI=1S/C17H26N4O4/c1-21(16(23)6-4-3-5-11-19-17(18)24)12-15(22)20-13-7-9-14(25-2)10-8-13/h7-10H,3-6,11-12H2,1-2H3,(H,20,22)(H3,18,19,24). The van der Waals surface area contributed by atoms with Gasteiger partial charge in [-0.1, -0.05) is 6.42 Å². The van der Waals surface area contributed by atoms with Gasteiger partial charge in [-0.2, -0.15) is 0 Å². The molecule has 0 aliphatic carbocycles. The predicted octanol–water partition coefficient (Wildman–Crippen LogP) is 1.32. The number of hydrogen-bond acceptors (Lipinski definition) is 4. The van der Waals surface area contributed by atoms with Crippen molar-refractivity contribution in [1.82, 2.24) is 10.2 Å². The fraction of sp³-hybridized carbons (Fsp3) is 0.471. The first-order valence-electron chi connectivity index (χ1n) is 8.13. The first-order chi connectivity index (χ1) is 11.9. The molecule has 0 heterocycles. The van der Waals surface area contributed by atoms with Gasteiger partial charge in [-0.05, 0) is 37.1 Å². The molecule has 0 unspecified atom stereocenters. The molecule has 25 heavy (non-hydrogen) atoms. The first-order valence-corrected chi connectivity index (χ1v) is 8.13. The van der Waals surface area contributed by atoms with Gasteiger partial charge in [0, 0.05) is 25.7 Å². The highest BCUT2D eigenvalue weighted by atomic mass is 16.5. The van der Waals surface area contributed by atoms with Gasteiger partial charge in [0.05, 0.1) is 13.7 Å². The molecule has 1 rings (SSSR count). The van der Waals surface area contributed by atoms with Crippen LogP contribution in [0.3, 0.4) is 0 Å². The fourth-order valence-electron chi connectivity index (χ4n) is 2.16. The summed E-state index contributed by atoms with van der Waals surface area (Å²) in [6, 6.07) is 6.42. The number of benzene rings is 1. The van der Waals surface area contributed by atoms with E-state index < -0.39 is 6.03 Å². The number of amides is 4. The van der Waals surface area contributed by atoms with E-state index in [2.05, 4.69) is 10.6 Å². The summed E-state index contributed by atoms with van der Waals surface area (Å²) in [6.07, 6.45) is 2.63. The molecule has 4 N–H and O–H groups in total. The molecule has 4 amide bonds. The van der Waals surface area contributed by atoms with Crippen LogP contribution in [0.15, 0.2) is 24.3 Å². The predicted molar refractivity (Wildman–Crippen MR) is 95.3 cm³/mol. The number of primary amides is 1. The van der Waals surface area contributed by atoms with Gasteiger partial charge >= 0.3 is 6.03 Å². The van der Waals surface area contributed by atoms with Crippen molar-refractivity contribution in [3.8, 4) is 5.75 Å². The second kappa shape index (κ2) is 10.9. The number of nitrogens with two attached hydrogens (primary N) is 1. The Labute approximate surface area is 147 Å². The Kier molecular flexibility index (Phi) is 8.84. The van der Waals surface area contributed by atoms with Crippen LogP contribution in [0.4, 0.5) is 10.5 Å². The van der Waals surface area contributed by atoms with Crippen LogP contribution in [0.25, 0.3) is 0 Å². The zero-order chi connectivity index (χ0) is 18.7. The minimum atomic E-state index is -0.543. The van der Waals surface area contributed by atoms with Crippen molar-refractivity contribution in [2.24, 2.45) is 5.73 Å². The van der Waals surface area contributed by atoms with Crippen molar-refractivity contribution in [2.45, 2.75) is 25.7 Å². The van der Waals surface area contributed by atoms with Gasteiger partial charge in [0.2, 0.25) is 11.8 Å². The Hall–Kier alpha value is -2.77. The number of carbonyl (C=O) groups is 3. The summed E-state index contributed by atoms with van der Waals surface area (Å²) >= 11 is 0. The number of methoxy groups -OCH3 is 1. The van der Waals surface area contributed by atoms with Crippen molar-refractivity contribution in [2.75, 3.05) is 32.6 Å². The highest BCUT2D eigenvalue weighted by Gasteiger charge is 2.12. The molecule has 8 heteroatoms.